The number of methoxy groups -OCH3 is 2. The fourth-order valence-corrected chi connectivity index (χ4v) is 2.31. The lowest BCUT2D eigenvalue weighted by Gasteiger charge is -2.14. The van der Waals surface area contributed by atoms with Crippen LogP contribution in [0.3, 0.4) is 0 Å². The van der Waals surface area contributed by atoms with Crippen LogP contribution in [0.5, 0.6) is 5.75 Å². The Morgan fingerprint density at radius 3 is 2.56 bits per heavy atom. The molecule has 0 aliphatic carbocycles. The van der Waals surface area contributed by atoms with Crippen molar-refractivity contribution in [1.29, 1.82) is 0 Å². The van der Waals surface area contributed by atoms with Gasteiger partial charge in [-0.05, 0) is 25.1 Å². The van der Waals surface area contributed by atoms with Gasteiger partial charge in [-0.3, -0.25) is 9.59 Å². The minimum atomic E-state index is -1.13. The summed E-state index contributed by atoms with van der Waals surface area (Å²) in [6, 6.07) is 5.92. The molecule has 2 rings (SSSR count). The van der Waals surface area contributed by atoms with Crippen LogP contribution >= 0.6 is 0 Å². The Hall–Kier alpha value is -3.03. The third kappa shape index (κ3) is 4.50. The molecular weight excluding hydrogens is 328 g/mol. The number of hydrogen-bond acceptors (Lipinski definition) is 6. The molecule has 1 aromatic heterocycles. The highest BCUT2D eigenvalue weighted by Gasteiger charge is 2.26. The van der Waals surface area contributed by atoms with Crippen LogP contribution in [-0.4, -0.2) is 49.7 Å². The van der Waals surface area contributed by atoms with E-state index < -0.39 is 23.9 Å². The molecule has 0 fully saturated rings. The summed E-state index contributed by atoms with van der Waals surface area (Å²) in [5.74, 6) is -1.21. The van der Waals surface area contributed by atoms with Crippen molar-refractivity contribution in [3.8, 4) is 5.75 Å². The highest BCUT2D eigenvalue weighted by Crippen LogP contribution is 2.21. The number of fused-ring (bicyclic) bond motifs is 1. The summed E-state index contributed by atoms with van der Waals surface area (Å²) < 4.78 is 14.6. The zero-order chi connectivity index (χ0) is 18.4. The Bertz CT molecular complexity index is 783. The summed E-state index contributed by atoms with van der Waals surface area (Å²) in [7, 11) is 2.38. The first kappa shape index (κ1) is 18.3. The molecule has 1 amide bonds. The highest BCUT2D eigenvalue weighted by molar-refractivity contribution is 6.00. The fraction of sp³-hybridized carbons (Fsp3) is 0.353. The Balaban J connectivity index is 2.18. The number of aromatic amines is 1. The molecule has 1 aromatic carbocycles. The highest BCUT2D eigenvalue weighted by atomic mass is 16.5. The average molecular weight is 348 g/mol. The number of nitrogens with one attached hydrogen (secondary N) is 2. The number of benzene rings is 1. The smallest absolute Gasteiger partial charge is 0.328 e. The molecule has 0 aliphatic heterocycles. The molecule has 0 bridgehead atoms. The Morgan fingerprint density at radius 1 is 1.16 bits per heavy atom. The first-order chi connectivity index (χ1) is 12.0. The third-order valence-electron chi connectivity index (χ3n) is 3.54. The number of carbonyl (C=O) groups excluding carboxylic acids is 3. The van der Waals surface area contributed by atoms with E-state index in [4.69, 9.17) is 4.74 Å². The molecule has 0 saturated carbocycles. The minimum absolute atomic E-state index is 0.252. The van der Waals surface area contributed by atoms with E-state index >= 15 is 0 Å². The van der Waals surface area contributed by atoms with Gasteiger partial charge in [0.15, 0.2) is 0 Å². The number of ether oxygens (including phenoxy) is 3. The van der Waals surface area contributed by atoms with E-state index in [1.165, 1.54) is 14.2 Å². The SMILES string of the molecule is CCOc1ccc2cc(C(=O)N[C@@H](CC(=O)OC)C(=O)OC)[nH]c2c1. The normalized spacial score (nSPS) is 11.6. The molecule has 1 atom stereocenters. The lowest BCUT2D eigenvalue weighted by Crippen LogP contribution is -2.43. The van der Waals surface area contributed by atoms with Gasteiger partial charge >= 0.3 is 11.9 Å². The van der Waals surface area contributed by atoms with Gasteiger partial charge in [0.05, 0.1) is 27.2 Å². The Kier molecular flexibility index (Phi) is 5.99. The predicted molar refractivity (Wildman–Crippen MR) is 89.4 cm³/mol. The van der Waals surface area contributed by atoms with E-state index in [9.17, 15) is 14.4 Å². The summed E-state index contributed by atoms with van der Waals surface area (Å²) in [5.41, 5.74) is 0.973. The Morgan fingerprint density at radius 2 is 1.92 bits per heavy atom. The first-order valence-electron chi connectivity index (χ1n) is 7.69. The monoisotopic (exact) mass is 348 g/mol. The average Bonchev–Trinajstić information content (AvgIpc) is 3.04. The van der Waals surface area contributed by atoms with Crippen LogP contribution in [-0.2, 0) is 19.1 Å². The molecule has 8 heteroatoms. The van der Waals surface area contributed by atoms with Crippen molar-refractivity contribution in [2.45, 2.75) is 19.4 Å². The van der Waals surface area contributed by atoms with Crippen LogP contribution in [0, 0.1) is 0 Å². The van der Waals surface area contributed by atoms with Crippen molar-refractivity contribution in [2.75, 3.05) is 20.8 Å². The molecule has 0 spiro atoms. The zero-order valence-electron chi connectivity index (χ0n) is 14.3. The van der Waals surface area contributed by atoms with Gasteiger partial charge in [-0.25, -0.2) is 4.79 Å². The van der Waals surface area contributed by atoms with E-state index in [1.54, 1.807) is 18.2 Å². The van der Waals surface area contributed by atoms with Crippen LogP contribution in [0.4, 0.5) is 0 Å². The van der Waals surface area contributed by atoms with Crippen LogP contribution in [0.2, 0.25) is 0 Å². The molecule has 134 valence electrons. The maximum Gasteiger partial charge on any atom is 0.328 e. The number of aromatic nitrogens is 1. The molecular formula is C17H20N2O6. The van der Waals surface area contributed by atoms with Gasteiger partial charge in [-0.2, -0.15) is 0 Å². The summed E-state index contributed by atoms with van der Waals surface area (Å²) in [5, 5.41) is 3.29. The van der Waals surface area contributed by atoms with E-state index in [-0.39, 0.29) is 12.1 Å². The van der Waals surface area contributed by atoms with Crippen molar-refractivity contribution in [3.05, 3.63) is 30.0 Å². The fourth-order valence-electron chi connectivity index (χ4n) is 2.31. The topological polar surface area (TPSA) is 107 Å². The van der Waals surface area contributed by atoms with E-state index in [2.05, 4.69) is 19.8 Å². The van der Waals surface area contributed by atoms with Crippen molar-refractivity contribution < 1.29 is 28.6 Å². The number of amides is 1. The maximum absolute atomic E-state index is 12.4. The standard InChI is InChI=1S/C17H20N2O6/c1-4-25-11-6-5-10-7-13(18-12(10)8-11)16(21)19-14(17(22)24-3)9-15(20)23-2/h5-8,14,18H,4,9H2,1-3H3,(H,19,21)/t14-/m0/s1. The first-order valence-corrected chi connectivity index (χ1v) is 7.69. The minimum Gasteiger partial charge on any atom is -0.494 e. The second-order valence-corrected chi connectivity index (χ2v) is 5.19. The van der Waals surface area contributed by atoms with Crippen molar-refractivity contribution >= 4 is 28.7 Å². The number of rotatable bonds is 7. The molecule has 0 saturated heterocycles. The van der Waals surface area contributed by atoms with E-state index in [0.717, 1.165) is 10.9 Å². The van der Waals surface area contributed by atoms with Crippen LogP contribution < -0.4 is 10.1 Å². The molecule has 0 radical (unpaired) electrons. The van der Waals surface area contributed by atoms with Crippen LogP contribution in [0.15, 0.2) is 24.3 Å². The van der Waals surface area contributed by atoms with E-state index in [1.807, 2.05) is 13.0 Å². The quantitative estimate of drug-likeness (QED) is 0.733. The Labute approximate surface area is 144 Å². The van der Waals surface area contributed by atoms with E-state index in [0.29, 0.717) is 12.4 Å². The molecule has 1 heterocycles. The molecule has 0 unspecified atom stereocenters. The summed E-state index contributed by atoms with van der Waals surface area (Å²) >= 11 is 0. The second kappa shape index (κ2) is 8.18. The van der Waals surface area contributed by atoms with Crippen LogP contribution in [0.25, 0.3) is 10.9 Å². The molecule has 25 heavy (non-hydrogen) atoms. The number of carbonyl (C=O) groups is 3. The summed E-state index contributed by atoms with van der Waals surface area (Å²) in [6.45, 7) is 2.42. The number of esters is 2. The largest absolute Gasteiger partial charge is 0.494 e. The number of H-pyrrole nitrogens is 1. The van der Waals surface area contributed by atoms with Gasteiger partial charge in [-0.15, -0.1) is 0 Å². The molecule has 2 N–H and O–H groups in total. The zero-order valence-corrected chi connectivity index (χ0v) is 14.3. The summed E-state index contributed by atoms with van der Waals surface area (Å²) in [4.78, 5) is 38.5. The second-order valence-electron chi connectivity index (χ2n) is 5.19. The van der Waals surface area contributed by atoms with Crippen LogP contribution in [0.1, 0.15) is 23.8 Å². The molecule has 8 nitrogen and oxygen atoms in total. The summed E-state index contributed by atoms with van der Waals surface area (Å²) in [6.07, 6.45) is -0.316. The molecule has 0 aliphatic rings. The lowest BCUT2D eigenvalue weighted by atomic mass is 10.2. The van der Waals surface area contributed by atoms with Gasteiger partial charge in [-0.1, -0.05) is 0 Å². The third-order valence-corrected chi connectivity index (χ3v) is 3.54. The van der Waals surface area contributed by atoms with Crippen molar-refractivity contribution in [2.24, 2.45) is 0 Å². The van der Waals surface area contributed by atoms with Crippen molar-refractivity contribution in [1.82, 2.24) is 10.3 Å². The molecule has 2 aromatic rings. The number of hydrogen-bond donors (Lipinski definition) is 2. The predicted octanol–water partition coefficient (Wildman–Crippen LogP) is 1.40. The van der Waals surface area contributed by atoms with Gasteiger partial charge < -0.3 is 24.5 Å². The maximum atomic E-state index is 12.4. The van der Waals surface area contributed by atoms with Gasteiger partial charge in [0.25, 0.3) is 5.91 Å². The van der Waals surface area contributed by atoms with Gasteiger partial charge in [0.1, 0.15) is 17.5 Å². The van der Waals surface area contributed by atoms with Crippen molar-refractivity contribution in [3.63, 3.8) is 0 Å². The lowest BCUT2D eigenvalue weighted by molar-refractivity contribution is -0.149. The van der Waals surface area contributed by atoms with Gasteiger partial charge in [0, 0.05) is 17.0 Å². The van der Waals surface area contributed by atoms with Gasteiger partial charge in [0.2, 0.25) is 0 Å².